The maximum atomic E-state index is 12.9. The molecule has 0 radical (unpaired) electrons. The fourth-order valence-electron chi connectivity index (χ4n) is 8.92. The highest BCUT2D eigenvalue weighted by Gasteiger charge is 2.19. The van der Waals surface area contributed by atoms with Crippen molar-refractivity contribution in [2.45, 2.75) is 329 Å². The van der Waals surface area contributed by atoms with E-state index in [4.69, 9.17) is 14.2 Å². The summed E-state index contributed by atoms with van der Waals surface area (Å²) in [6, 6.07) is 0. The fourth-order valence-corrected chi connectivity index (χ4v) is 8.92. The fraction of sp³-hybridized carbons (Fsp3) is 0.828. The Kier molecular flexibility index (Phi) is 56.7. The first kappa shape index (κ1) is 67.4. The molecule has 0 unspecified atom stereocenters. The van der Waals surface area contributed by atoms with Crippen molar-refractivity contribution >= 4 is 17.9 Å². The van der Waals surface area contributed by atoms with Gasteiger partial charge >= 0.3 is 17.9 Å². The Morgan fingerprint density at radius 1 is 0.286 bits per heavy atom. The zero-order valence-electron chi connectivity index (χ0n) is 46.8. The highest BCUT2D eigenvalue weighted by Crippen LogP contribution is 2.17. The number of rotatable bonds is 56. The molecule has 0 fully saturated rings. The predicted molar refractivity (Wildman–Crippen MR) is 302 cm³/mol. The van der Waals surface area contributed by atoms with E-state index in [1.807, 2.05) is 0 Å². The number of carbonyl (C=O) groups is 3. The van der Waals surface area contributed by atoms with Crippen LogP contribution in [0.3, 0.4) is 0 Å². The second-order valence-corrected chi connectivity index (χ2v) is 20.6. The van der Waals surface area contributed by atoms with E-state index in [-0.39, 0.29) is 31.1 Å². The molecule has 6 heteroatoms. The minimum atomic E-state index is -0.777. The molecule has 0 aromatic carbocycles. The molecule has 1 atom stereocenters. The van der Waals surface area contributed by atoms with Gasteiger partial charge in [0.05, 0.1) is 0 Å². The van der Waals surface area contributed by atoms with E-state index in [1.165, 1.54) is 205 Å². The minimum absolute atomic E-state index is 0.0742. The van der Waals surface area contributed by atoms with Crippen molar-refractivity contribution in [1.29, 1.82) is 0 Å². The maximum Gasteiger partial charge on any atom is 0.306 e. The number of hydrogen-bond donors (Lipinski definition) is 0. The number of hydrogen-bond acceptors (Lipinski definition) is 6. The predicted octanol–water partition coefficient (Wildman–Crippen LogP) is 20.6. The Balaban J connectivity index is 4.36. The lowest BCUT2D eigenvalue weighted by Gasteiger charge is -2.18. The summed E-state index contributed by atoms with van der Waals surface area (Å²) in [5, 5.41) is 0. The van der Waals surface area contributed by atoms with Gasteiger partial charge in [0.25, 0.3) is 0 Å². The third-order valence-electron chi connectivity index (χ3n) is 13.6. The number of allylic oxidation sites excluding steroid dienone is 8. The number of carbonyl (C=O) groups excluding carboxylic acids is 3. The van der Waals surface area contributed by atoms with Crippen LogP contribution in [0.1, 0.15) is 323 Å². The summed E-state index contributed by atoms with van der Waals surface area (Å²) in [6.45, 7) is 6.63. The molecule has 0 N–H and O–H groups in total. The Morgan fingerprint density at radius 2 is 0.514 bits per heavy atom. The second-order valence-electron chi connectivity index (χ2n) is 20.6. The van der Waals surface area contributed by atoms with Gasteiger partial charge in [0.1, 0.15) is 13.2 Å². The van der Waals surface area contributed by atoms with Crippen LogP contribution in [0.15, 0.2) is 48.6 Å². The van der Waals surface area contributed by atoms with E-state index < -0.39 is 6.10 Å². The molecular weight excluding hydrogens is 865 g/mol. The molecule has 0 rings (SSSR count). The largest absolute Gasteiger partial charge is 0.462 e. The highest BCUT2D eigenvalue weighted by molar-refractivity contribution is 5.71. The van der Waals surface area contributed by atoms with E-state index in [2.05, 4.69) is 69.4 Å². The molecule has 0 aliphatic heterocycles. The van der Waals surface area contributed by atoms with Gasteiger partial charge in [-0.15, -0.1) is 0 Å². The van der Waals surface area contributed by atoms with E-state index in [0.29, 0.717) is 19.3 Å². The maximum absolute atomic E-state index is 12.9. The molecular formula is C64H116O6. The van der Waals surface area contributed by atoms with Crippen LogP contribution in [-0.4, -0.2) is 37.2 Å². The minimum Gasteiger partial charge on any atom is -0.462 e. The summed E-state index contributed by atoms with van der Waals surface area (Å²) in [5.41, 5.74) is 0. The lowest BCUT2D eigenvalue weighted by atomic mass is 10.0. The topological polar surface area (TPSA) is 78.9 Å². The summed E-state index contributed by atoms with van der Waals surface area (Å²) >= 11 is 0. The molecule has 6 nitrogen and oxygen atoms in total. The Bertz CT molecular complexity index is 1220. The smallest absolute Gasteiger partial charge is 0.306 e. The zero-order chi connectivity index (χ0) is 50.7. The van der Waals surface area contributed by atoms with Crippen LogP contribution in [-0.2, 0) is 28.6 Å². The van der Waals surface area contributed by atoms with Crippen LogP contribution in [0.2, 0.25) is 0 Å². The molecule has 0 aromatic heterocycles. The molecule has 0 aliphatic rings. The van der Waals surface area contributed by atoms with Gasteiger partial charge in [0.2, 0.25) is 0 Å². The average Bonchev–Trinajstić information content (AvgIpc) is 3.36. The summed E-state index contributed by atoms with van der Waals surface area (Å²) < 4.78 is 16.9. The summed E-state index contributed by atoms with van der Waals surface area (Å²) in [4.78, 5) is 38.3. The van der Waals surface area contributed by atoms with Gasteiger partial charge in [0.15, 0.2) is 6.10 Å². The van der Waals surface area contributed by atoms with Crippen molar-refractivity contribution in [3.63, 3.8) is 0 Å². The SMILES string of the molecule is CCCCC/C=C\C/C=C\CCCCCCCCCCCC(=O)OC[C@@H](COC(=O)CCCCCCCCCCCCCCCCCC)OC(=O)CCCCCCCCC/C=C\C/C=C\CCCCC. The van der Waals surface area contributed by atoms with Gasteiger partial charge in [-0.2, -0.15) is 0 Å². The van der Waals surface area contributed by atoms with Gasteiger partial charge in [-0.05, 0) is 83.5 Å². The molecule has 0 aromatic rings. The van der Waals surface area contributed by atoms with Crippen LogP contribution in [0.4, 0.5) is 0 Å². The summed E-state index contributed by atoms with van der Waals surface area (Å²) in [7, 11) is 0. The first-order valence-electron chi connectivity index (χ1n) is 30.6. The quantitative estimate of drug-likeness (QED) is 0.0261. The van der Waals surface area contributed by atoms with Crippen molar-refractivity contribution in [2.24, 2.45) is 0 Å². The van der Waals surface area contributed by atoms with Crippen LogP contribution < -0.4 is 0 Å². The Morgan fingerprint density at radius 3 is 0.814 bits per heavy atom. The molecule has 0 saturated carbocycles. The molecule has 0 amide bonds. The van der Waals surface area contributed by atoms with E-state index in [0.717, 1.165) is 77.0 Å². The van der Waals surface area contributed by atoms with Crippen LogP contribution in [0.25, 0.3) is 0 Å². The molecule has 0 aliphatic carbocycles. The number of unbranched alkanes of at least 4 members (excludes halogenated alkanes) is 37. The first-order chi connectivity index (χ1) is 34.5. The third kappa shape index (κ3) is 56.3. The normalized spacial score (nSPS) is 12.3. The van der Waals surface area contributed by atoms with Gasteiger partial charge in [0, 0.05) is 19.3 Å². The molecule has 408 valence electrons. The van der Waals surface area contributed by atoms with Gasteiger partial charge in [-0.25, -0.2) is 0 Å². The second kappa shape index (κ2) is 58.9. The van der Waals surface area contributed by atoms with Crippen molar-refractivity contribution in [2.75, 3.05) is 13.2 Å². The molecule has 0 spiro atoms. The summed E-state index contributed by atoms with van der Waals surface area (Å²) in [5.74, 6) is -0.868. The third-order valence-corrected chi connectivity index (χ3v) is 13.6. The van der Waals surface area contributed by atoms with Crippen molar-refractivity contribution < 1.29 is 28.6 Å². The number of ether oxygens (including phenoxy) is 3. The summed E-state index contributed by atoms with van der Waals surface area (Å²) in [6.07, 6.45) is 72.4. The Hall–Kier alpha value is -2.63. The van der Waals surface area contributed by atoms with Crippen molar-refractivity contribution in [3.8, 4) is 0 Å². The van der Waals surface area contributed by atoms with Crippen molar-refractivity contribution in [3.05, 3.63) is 48.6 Å². The average molecular weight is 982 g/mol. The van der Waals surface area contributed by atoms with E-state index in [9.17, 15) is 14.4 Å². The monoisotopic (exact) mass is 981 g/mol. The lowest BCUT2D eigenvalue weighted by Crippen LogP contribution is -2.30. The van der Waals surface area contributed by atoms with Gasteiger partial charge in [-0.1, -0.05) is 268 Å². The highest BCUT2D eigenvalue weighted by atomic mass is 16.6. The van der Waals surface area contributed by atoms with Crippen LogP contribution in [0.5, 0.6) is 0 Å². The molecule has 0 heterocycles. The van der Waals surface area contributed by atoms with Crippen LogP contribution >= 0.6 is 0 Å². The van der Waals surface area contributed by atoms with Gasteiger partial charge < -0.3 is 14.2 Å². The van der Waals surface area contributed by atoms with E-state index in [1.54, 1.807) is 0 Å². The Labute approximate surface area is 435 Å². The van der Waals surface area contributed by atoms with Crippen molar-refractivity contribution in [1.82, 2.24) is 0 Å². The first-order valence-corrected chi connectivity index (χ1v) is 30.6. The lowest BCUT2D eigenvalue weighted by molar-refractivity contribution is -0.167. The molecule has 0 bridgehead atoms. The van der Waals surface area contributed by atoms with Crippen LogP contribution in [0, 0.1) is 0 Å². The zero-order valence-corrected chi connectivity index (χ0v) is 46.8. The van der Waals surface area contributed by atoms with Gasteiger partial charge in [-0.3, -0.25) is 14.4 Å². The van der Waals surface area contributed by atoms with E-state index >= 15 is 0 Å². The molecule has 70 heavy (non-hydrogen) atoms. The standard InChI is InChI=1S/C64H116O6/c1-4-7-10-13-16-19-22-25-28-31-32-34-36-39-42-45-48-51-54-57-63(66)69-60-61(59-68-62(65)56-53-50-47-44-41-38-35-30-27-24-21-18-15-12-9-6-3)70-64(67)58-55-52-49-46-43-40-37-33-29-26-23-20-17-14-11-8-5-2/h16-17,19-20,25-26,28-29,61H,4-15,18,21-24,27,30-60H2,1-3H3/b19-16-,20-17-,28-25-,29-26-/t61-/m1/s1. The molecule has 0 saturated heterocycles. The number of esters is 3.